The van der Waals surface area contributed by atoms with Gasteiger partial charge in [0.2, 0.25) is 0 Å². The van der Waals surface area contributed by atoms with Gasteiger partial charge in [-0.1, -0.05) is 0 Å². The fraction of sp³-hybridized carbons (Fsp3) is 0.500. The number of likely N-dealkylation sites (tertiary alicyclic amines) is 1. The van der Waals surface area contributed by atoms with Crippen LogP contribution < -0.4 is 5.32 Å². The molecule has 1 amide bonds. The monoisotopic (exact) mass is 219 g/mol. The van der Waals surface area contributed by atoms with E-state index in [9.17, 15) is 4.79 Å². The zero-order valence-electron chi connectivity index (χ0n) is 9.52. The minimum Gasteiger partial charge on any atom is -0.348 e. The third-order valence-electron chi connectivity index (χ3n) is 2.88. The third-order valence-corrected chi connectivity index (χ3v) is 2.88. The van der Waals surface area contributed by atoms with Gasteiger partial charge in [-0.3, -0.25) is 9.78 Å². The number of hydrogen-bond donors (Lipinski definition) is 1. The van der Waals surface area contributed by atoms with Crippen molar-refractivity contribution in [3.8, 4) is 0 Å². The Bertz CT molecular complexity index is 353. The summed E-state index contributed by atoms with van der Waals surface area (Å²) in [5.41, 5.74) is 0.635. The second-order valence-electron chi connectivity index (χ2n) is 4.32. The van der Waals surface area contributed by atoms with Crippen molar-refractivity contribution in [3.63, 3.8) is 0 Å². The highest BCUT2D eigenvalue weighted by molar-refractivity contribution is 5.94. The summed E-state index contributed by atoms with van der Waals surface area (Å²) in [5.74, 6) is -0.0200. The Morgan fingerprint density at radius 3 is 3.19 bits per heavy atom. The van der Waals surface area contributed by atoms with E-state index in [1.807, 2.05) is 0 Å². The summed E-state index contributed by atoms with van der Waals surface area (Å²) in [5, 5.41) is 3.04. The number of nitrogens with one attached hydrogen (secondary N) is 1. The van der Waals surface area contributed by atoms with E-state index in [1.165, 1.54) is 0 Å². The van der Waals surface area contributed by atoms with Gasteiger partial charge in [0.05, 0.1) is 5.56 Å². The summed E-state index contributed by atoms with van der Waals surface area (Å²) in [6, 6.07) is 3.84. The van der Waals surface area contributed by atoms with Crippen molar-refractivity contribution in [2.24, 2.45) is 0 Å². The number of pyridine rings is 1. The van der Waals surface area contributed by atoms with E-state index in [1.54, 1.807) is 24.5 Å². The molecule has 1 N–H and O–H groups in total. The maximum Gasteiger partial charge on any atom is 0.253 e. The molecular weight excluding hydrogens is 202 g/mol. The lowest BCUT2D eigenvalue weighted by molar-refractivity contribution is 0.0912. The number of piperidine rings is 1. The molecule has 2 rings (SSSR count). The number of likely N-dealkylation sites (N-methyl/N-ethyl adjacent to an activating group) is 1. The smallest absolute Gasteiger partial charge is 0.253 e. The standard InChI is InChI=1S/C12H17N3O/c1-15-7-3-5-11(9-15)14-12(16)10-4-2-6-13-8-10/h2,4,6,8,11H,3,5,7,9H2,1H3,(H,14,16)/t11-/m1/s1. The minimum atomic E-state index is -0.0200. The first-order valence-electron chi connectivity index (χ1n) is 5.65. The number of carbonyl (C=O) groups is 1. The molecule has 0 spiro atoms. The average Bonchev–Trinajstić information content (AvgIpc) is 2.30. The van der Waals surface area contributed by atoms with E-state index in [4.69, 9.17) is 0 Å². The van der Waals surface area contributed by atoms with Gasteiger partial charge in [0.15, 0.2) is 0 Å². The van der Waals surface area contributed by atoms with Crippen molar-refractivity contribution < 1.29 is 4.79 Å². The van der Waals surface area contributed by atoms with Crippen LogP contribution in [0.3, 0.4) is 0 Å². The third kappa shape index (κ3) is 2.79. The van der Waals surface area contributed by atoms with Gasteiger partial charge in [0.25, 0.3) is 5.91 Å². The van der Waals surface area contributed by atoms with Gasteiger partial charge in [-0.25, -0.2) is 0 Å². The lowest BCUT2D eigenvalue weighted by Crippen LogP contribution is -2.46. The fourth-order valence-corrected chi connectivity index (χ4v) is 2.05. The molecule has 86 valence electrons. The number of hydrogen-bond acceptors (Lipinski definition) is 3. The molecule has 0 aliphatic carbocycles. The largest absolute Gasteiger partial charge is 0.348 e. The molecule has 1 saturated heterocycles. The molecule has 1 aliphatic rings. The summed E-state index contributed by atoms with van der Waals surface area (Å²) in [4.78, 5) is 18.0. The van der Waals surface area contributed by atoms with Crippen LogP contribution >= 0.6 is 0 Å². The van der Waals surface area contributed by atoms with Gasteiger partial charge < -0.3 is 10.2 Å². The normalized spacial score (nSPS) is 21.7. The van der Waals surface area contributed by atoms with Crippen LogP contribution in [-0.2, 0) is 0 Å². The fourth-order valence-electron chi connectivity index (χ4n) is 2.05. The summed E-state index contributed by atoms with van der Waals surface area (Å²) < 4.78 is 0. The lowest BCUT2D eigenvalue weighted by Gasteiger charge is -2.30. The van der Waals surface area contributed by atoms with Crippen LogP contribution in [0.15, 0.2) is 24.5 Å². The van der Waals surface area contributed by atoms with Gasteiger partial charge in [0, 0.05) is 25.0 Å². The van der Waals surface area contributed by atoms with E-state index in [0.29, 0.717) is 5.56 Å². The van der Waals surface area contributed by atoms with Crippen molar-refractivity contribution in [1.29, 1.82) is 0 Å². The molecule has 1 aliphatic heterocycles. The van der Waals surface area contributed by atoms with Gasteiger partial charge in [-0.2, -0.15) is 0 Å². The van der Waals surface area contributed by atoms with Gasteiger partial charge in [0.1, 0.15) is 0 Å². The Morgan fingerprint density at radius 2 is 2.50 bits per heavy atom. The first-order valence-corrected chi connectivity index (χ1v) is 5.65. The van der Waals surface area contributed by atoms with Crippen molar-refractivity contribution >= 4 is 5.91 Å². The van der Waals surface area contributed by atoms with Crippen LogP contribution in [0.4, 0.5) is 0 Å². The van der Waals surface area contributed by atoms with Crippen LogP contribution in [0.5, 0.6) is 0 Å². The zero-order chi connectivity index (χ0) is 11.4. The van der Waals surface area contributed by atoms with E-state index in [2.05, 4.69) is 22.2 Å². The molecular formula is C12H17N3O. The number of aromatic nitrogens is 1. The molecule has 0 bridgehead atoms. The number of carbonyl (C=O) groups excluding carboxylic acids is 1. The molecule has 2 heterocycles. The number of rotatable bonds is 2. The molecule has 0 saturated carbocycles. The first-order chi connectivity index (χ1) is 7.75. The topological polar surface area (TPSA) is 45.2 Å². The Kier molecular flexibility index (Phi) is 3.51. The maximum atomic E-state index is 11.8. The molecule has 1 atom stereocenters. The molecule has 1 fully saturated rings. The average molecular weight is 219 g/mol. The van der Waals surface area contributed by atoms with E-state index in [-0.39, 0.29) is 11.9 Å². The number of amides is 1. The van der Waals surface area contributed by atoms with E-state index < -0.39 is 0 Å². The highest BCUT2D eigenvalue weighted by Gasteiger charge is 2.19. The predicted octanol–water partition coefficient (Wildman–Crippen LogP) is 0.906. The van der Waals surface area contributed by atoms with Gasteiger partial charge in [-0.15, -0.1) is 0 Å². The maximum absolute atomic E-state index is 11.8. The molecule has 4 heteroatoms. The molecule has 1 aromatic rings. The Hall–Kier alpha value is -1.42. The summed E-state index contributed by atoms with van der Waals surface area (Å²) in [6.07, 6.45) is 5.48. The summed E-state index contributed by atoms with van der Waals surface area (Å²) in [6.45, 7) is 2.06. The van der Waals surface area contributed by atoms with Crippen LogP contribution in [0.2, 0.25) is 0 Å². The quantitative estimate of drug-likeness (QED) is 0.804. The Labute approximate surface area is 95.7 Å². The molecule has 0 unspecified atom stereocenters. The molecule has 1 aromatic heterocycles. The highest BCUT2D eigenvalue weighted by Crippen LogP contribution is 2.08. The molecule has 0 radical (unpaired) electrons. The van der Waals surface area contributed by atoms with Crippen LogP contribution in [0, 0.1) is 0 Å². The molecule has 4 nitrogen and oxygen atoms in total. The van der Waals surface area contributed by atoms with Gasteiger partial charge in [-0.05, 0) is 38.6 Å². The Balaban J connectivity index is 1.92. The minimum absolute atomic E-state index is 0.0200. The molecule has 0 aromatic carbocycles. The van der Waals surface area contributed by atoms with Crippen molar-refractivity contribution in [3.05, 3.63) is 30.1 Å². The first kappa shape index (κ1) is 11.1. The Morgan fingerprint density at radius 1 is 1.62 bits per heavy atom. The SMILES string of the molecule is CN1CCC[C@@H](NC(=O)c2cccnc2)C1. The lowest BCUT2D eigenvalue weighted by atomic mass is 10.1. The second kappa shape index (κ2) is 5.07. The van der Waals surface area contributed by atoms with Crippen LogP contribution in [0.25, 0.3) is 0 Å². The van der Waals surface area contributed by atoms with E-state index >= 15 is 0 Å². The van der Waals surface area contributed by atoms with Crippen LogP contribution in [0.1, 0.15) is 23.2 Å². The van der Waals surface area contributed by atoms with E-state index in [0.717, 1.165) is 25.9 Å². The summed E-state index contributed by atoms with van der Waals surface area (Å²) >= 11 is 0. The zero-order valence-corrected chi connectivity index (χ0v) is 9.52. The van der Waals surface area contributed by atoms with Crippen molar-refractivity contribution in [2.45, 2.75) is 18.9 Å². The highest BCUT2D eigenvalue weighted by atomic mass is 16.1. The number of nitrogens with zero attached hydrogens (tertiary/aromatic N) is 2. The van der Waals surface area contributed by atoms with Crippen LogP contribution in [-0.4, -0.2) is 42.0 Å². The van der Waals surface area contributed by atoms with Gasteiger partial charge >= 0.3 is 0 Å². The van der Waals surface area contributed by atoms with Crippen molar-refractivity contribution in [2.75, 3.05) is 20.1 Å². The van der Waals surface area contributed by atoms with Crippen molar-refractivity contribution in [1.82, 2.24) is 15.2 Å². The second-order valence-corrected chi connectivity index (χ2v) is 4.32. The summed E-state index contributed by atoms with van der Waals surface area (Å²) in [7, 11) is 2.09. The predicted molar refractivity (Wildman–Crippen MR) is 62.2 cm³/mol. The molecule has 16 heavy (non-hydrogen) atoms.